The van der Waals surface area contributed by atoms with Crippen LogP contribution in [-0.4, -0.2) is 16.4 Å². The zero-order valence-corrected chi connectivity index (χ0v) is 17.6. The Bertz CT molecular complexity index is 531. The summed E-state index contributed by atoms with van der Waals surface area (Å²) in [4.78, 5) is 19.6. The average Bonchev–Trinajstić information content (AvgIpc) is 2.62. The highest BCUT2D eigenvalue weighted by molar-refractivity contribution is 7.53. The van der Waals surface area contributed by atoms with Crippen molar-refractivity contribution in [3.8, 4) is 5.75 Å². The molecular formula is C21H37O4P. The summed E-state index contributed by atoms with van der Waals surface area (Å²) in [5, 5.41) is -1.09. The van der Waals surface area contributed by atoms with Gasteiger partial charge in [0.15, 0.2) is 0 Å². The topological polar surface area (TPSA) is 66.8 Å². The lowest BCUT2D eigenvalue weighted by Crippen LogP contribution is -2.24. The van der Waals surface area contributed by atoms with Gasteiger partial charge in [-0.15, -0.1) is 0 Å². The van der Waals surface area contributed by atoms with Gasteiger partial charge in [0.2, 0.25) is 0 Å². The highest BCUT2D eigenvalue weighted by Gasteiger charge is 2.45. The molecule has 0 heterocycles. The Labute approximate surface area is 159 Å². The van der Waals surface area contributed by atoms with Crippen LogP contribution in [0.1, 0.15) is 90.5 Å². The Balaban J connectivity index is 2.42. The summed E-state index contributed by atoms with van der Waals surface area (Å²) < 4.78 is 17.8. The van der Waals surface area contributed by atoms with Crippen molar-refractivity contribution in [3.63, 3.8) is 0 Å². The molecule has 150 valence electrons. The van der Waals surface area contributed by atoms with Crippen molar-refractivity contribution in [2.24, 2.45) is 0 Å². The first-order valence-corrected chi connectivity index (χ1v) is 11.8. The van der Waals surface area contributed by atoms with Crippen LogP contribution in [0.25, 0.3) is 0 Å². The molecule has 0 aliphatic rings. The summed E-state index contributed by atoms with van der Waals surface area (Å²) in [6.45, 7) is 6.59. The normalized spacial score (nSPS) is 12.3. The van der Waals surface area contributed by atoms with E-state index < -0.39 is 12.8 Å². The lowest BCUT2D eigenvalue weighted by atomic mass is 9.92. The second kappa shape index (κ2) is 11.8. The standard InChI is InChI=1S/C21H37O4P/c1-4-7-8-9-10-11-12-13-18-25-20-16-14-19(15-17-20)21(5-2,6-3)26(22,23)24/h14-17H,4-13,18H2,1-3H3,(H2,22,23,24). The monoisotopic (exact) mass is 384 g/mol. The predicted molar refractivity (Wildman–Crippen MR) is 109 cm³/mol. The molecule has 0 bridgehead atoms. The van der Waals surface area contributed by atoms with Crippen LogP contribution in [0.15, 0.2) is 24.3 Å². The Morgan fingerprint density at radius 3 is 1.81 bits per heavy atom. The molecule has 0 spiro atoms. The molecule has 4 nitrogen and oxygen atoms in total. The van der Waals surface area contributed by atoms with Crippen LogP contribution in [0.3, 0.4) is 0 Å². The lowest BCUT2D eigenvalue weighted by molar-refractivity contribution is 0.302. The van der Waals surface area contributed by atoms with Gasteiger partial charge < -0.3 is 14.5 Å². The van der Waals surface area contributed by atoms with Crippen molar-refractivity contribution in [2.75, 3.05) is 6.61 Å². The fraction of sp³-hybridized carbons (Fsp3) is 0.714. The average molecular weight is 384 g/mol. The molecule has 1 aromatic rings. The molecule has 0 saturated heterocycles. The number of benzene rings is 1. The van der Waals surface area contributed by atoms with Gasteiger partial charge in [0.1, 0.15) is 5.75 Å². The van der Waals surface area contributed by atoms with Crippen LogP contribution < -0.4 is 4.74 Å². The van der Waals surface area contributed by atoms with Gasteiger partial charge in [-0.2, -0.15) is 0 Å². The van der Waals surface area contributed by atoms with Gasteiger partial charge in [0.25, 0.3) is 0 Å². The second-order valence-corrected chi connectivity index (χ2v) is 9.07. The van der Waals surface area contributed by atoms with Crippen molar-refractivity contribution < 1.29 is 19.1 Å². The number of unbranched alkanes of at least 4 members (excludes halogenated alkanes) is 7. The Morgan fingerprint density at radius 2 is 1.35 bits per heavy atom. The predicted octanol–water partition coefficient (Wildman–Crippen LogP) is 6.40. The molecular weight excluding hydrogens is 347 g/mol. The molecule has 0 saturated carbocycles. The zero-order chi connectivity index (χ0) is 19.5. The maximum atomic E-state index is 12.0. The summed E-state index contributed by atoms with van der Waals surface area (Å²) in [5.41, 5.74) is 0.690. The SMILES string of the molecule is CCCCCCCCCCOc1ccc(C(CC)(CC)P(=O)(O)O)cc1. The number of ether oxygens (including phenoxy) is 1. The molecule has 0 aliphatic heterocycles. The van der Waals surface area contributed by atoms with Crippen LogP contribution in [-0.2, 0) is 9.72 Å². The largest absolute Gasteiger partial charge is 0.494 e. The summed E-state index contributed by atoms with van der Waals surface area (Å²) >= 11 is 0. The van der Waals surface area contributed by atoms with Gasteiger partial charge in [-0.25, -0.2) is 0 Å². The summed E-state index contributed by atoms with van der Waals surface area (Å²) in [5.74, 6) is 0.767. The highest BCUT2D eigenvalue weighted by atomic mass is 31.2. The summed E-state index contributed by atoms with van der Waals surface area (Å²) in [7, 11) is -4.23. The number of hydrogen-bond acceptors (Lipinski definition) is 2. The van der Waals surface area contributed by atoms with Crippen molar-refractivity contribution >= 4 is 7.60 Å². The molecule has 1 rings (SSSR count). The maximum Gasteiger partial charge on any atom is 0.335 e. The van der Waals surface area contributed by atoms with E-state index in [0.717, 1.165) is 12.2 Å². The first-order valence-electron chi connectivity index (χ1n) is 10.2. The smallest absolute Gasteiger partial charge is 0.335 e. The highest BCUT2D eigenvalue weighted by Crippen LogP contribution is 2.60. The Hall–Kier alpha value is -0.830. The molecule has 5 heteroatoms. The number of rotatable bonds is 14. The van der Waals surface area contributed by atoms with E-state index >= 15 is 0 Å². The van der Waals surface area contributed by atoms with Gasteiger partial charge in [-0.05, 0) is 37.0 Å². The van der Waals surface area contributed by atoms with E-state index in [1.165, 1.54) is 44.9 Å². The minimum Gasteiger partial charge on any atom is -0.494 e. The quantitative estimate of drug-likeness (QED) is 0.288. The van der Waals surface area contributed by atoms with Crippen molar-refractivity contribution in [1.82, 2.24) is 0 Å². The van der Waals surface area contributed by atoms with E-state index in [-0.39, 0.29) is 0 Å². The maximum absolute atomic E-state index is 12.0. The molecule has 0 atom stereocenters. The second-order valence-electron chi connectivity index (χ2n) is 7.13. The van der Waals surface area contributed by atoms with Crippen LogP contribution in [0, 0.1) is 0 Å². The van der Waals surface area contributed by atoms with Crippen molar-refractivity contribution in [3.05, 3.63) is 29.8 Å². The summed E-state index contributed by atoms with van der Waals surface area (Å²) in [6.07, 6.45) is 11.0. The van der Waals surface area contributed by atoms with Gasteiger partial charge in [0.05, 0.1) is 11.8 Å². The lowest BCUT2D eigenvalue weighted by Gasteiger charge is -2.32. The van der Waals surface area contributed by atoms with Crippen molar-refractivity contribution in [1.29, 1.82) is 0 Å². The molecule has 0 aliphatic carbocycles. The molecule has 1 aromatic carbocycles. The fourth-order valence-corrected chi connectivity index (χ4v) is 4.84. The molecule has 26 heavy (non-hydrogen) atoms. The first-order chi connectivity index (χ1) is 12.4. The van der Waals surface area contributed by atoms with Crippen molar-refractivity contribution in [2.45, 2.75) is 90.1 Å². The Morgan fingerprint density at radius 1 is 0.846 bits per heavy atom. The third-order valence-electron chi connectivity index (χ3n) is 5.39. The molecule has 2 N–H and O–H groups in total. The van der Waals surface area contributed by atoms with Crippen LogP contribution in [0.5, 0.6) is 5.75 Å². The van der Waals surface area contributed by atoms with E-state index in [2.05, 4.69) is 6.92 Å². The van der Waals surface area contributed by atoms with Gasteiger partial charge in [0, 0.05) is 0 Å². The minimum absolute atomic E-state index is 0.409. The zero-order valence-electron chi connectivity index (χ0n) is 16.7. The van der Waals surface area contributed by atoms with E-state index in [1.54, 1.807) is 12.1 Å². The van der Waals surface area contributed by atoms with Crippen LogP contribution >= 0.6 is 7.60 Å². The molecule has 0 aromatic heterocycles. The van der Waals surface area contributed by atoms with Crippen LogP contribution in [0.4, 0.5) is 0 Å². The molecule has 0 amide bonds. The van der Waals surface area contributed by atoms with E-state index in [4.69, 9.17) is 4.74 Å². The van der Waals surface area contributed by atoms with Gasteiger partial charge in [-0.3, -0.25) is 4.57 Å². The van der Waals surface area contributed by atoms with E-state index in [0.29, 0.717) is 25.0 Å². The fourth-order valence-electron chi connectivity index (χ4n) is 3.53. The molecule has 0 unspecified atom stereocenters. The van der Waals surface area contributed by atoms with E-state index in [1.807, 2.05) is 26.0 Å². The molecule has 0 fully saturated rings. The minimum atomic E-state index is -4.23. The van der Waals surface area contributed by atoms with Gasteiger partial charge >= 0.3 is 7.60 Å². The third-order valence-corrected chi connectivity index (χ3v) is 7.39. The van der Waals surface area contributed by atoms with E-state index in [9.17, 15) is 14.4 Å². The third kappa shape index (κ3) is 6.72. The molecule has 0 radical (unpaired) electrons. The number of hydrogen-bond donors (Lipinski definition) is 2. The first kappa shape index (κ1) is 23.2. The summed E-state index contributed by atoms with van der Waals surface area (Å²) in [6, 6.07) is 7.26. The van der Waals surface area contributed by atoms with Crippen LogP contribution in [0.2, 0.25) is 0 Å². The van der Waals surface area contributed by atoms with Gasteiger partial charge in [-0.1, -0.05) is 77.8 Å². The Kier molecular flexibility index (Phi) is 10.5.